The number of hydrogen-bond donors (Lipinski definition) is 1. The van der Waals surface area contributed by atoms with E-state index in [1.165, 1.54) is 29.7 Å². The fourth-order valence-corrected chi connectivity index (χ4v) is 1.94. The van der Waals surface area contributed by atoms with Crippen LogP contribution in [0.2, 0.25) is 0 Å². The van der Waals surface area contributed by atoms with E-state index in [0.29, 0.717) is 0 Å². The zero-order valence-electron chi connectivity index (χ0n) is 10.3. The lowest BCUT2D eigenvalue weighted by Gasteiger charge is -2.28. The molecular formula is C13H22N2. The van der Waals surface area contributed by atoms with Gasteiger partial charge in [-0.2, -0.15) is 0 Å². The number of rotatable bonds is 0. The third-order valence-electron chi connectivity index (χ3n) is 2.82. The van der Waals surface area contributed by atoms with Crippen molar-refractivity contribution < 1.29 is 0 Å². The molecule has 2 N–H and O–H groups in total. The quantitative estimate of drug-likeness (QED) is 0.661. The van der Waals surface area contributed by atoms with E-state index in [-0.39, 0.29) is 0 Å². The summed E-state index contributed by atoms with van der Waals surface area (Å²) in [5.74, 6) is 0. The number of anilines is 2. The Morgan fingerprint density at radius 2 is 1.93 bits per heavy atom. The minimum Gasteiger partial charge on any atom is -0.399 e. The smallest absolute Gasteiger partial charge is 0.0400 e. The van der Waals surface area contributed by atoms with Crippen molar-refractivity contribution in [2.24, 2.45) is 0 Å². The molecule has 84 valence electrons. The van der Waals surface area contributed by atoms with Crippen LogP contribution in [0.25, 0.3) is 0 Å². The Labute approximate surface area is 93.1 Å². The van der Waals surface area contributed by atoms with Gasteiger partial charge in [0.15, 0.2) is 0 Å². The molecule has 15 heavy (non-hydrogen) atoms. The average molecular weight is 206 g/mol. The normalized spacial score (nSPS) is 14.0. The third kappa shape index (κ3) is 2.44. The molecule has 1 aromatic carbocycles. The topological polar surface area (TPSA) is 29.3 Å². The number of nitrogen functional groups attached to an aromatic ring is 1. The molecule has 2 heteroatoms. The molecule has 0 fully saturated rings. The van der Waals surface area contributed by atoms with Crippen molar-refractivity contribution in [2.45, 2.75) is 33.6 Å². The van der Waals surface area contributed by atoms with Crippen LogP contribution in [0.15, 0.2) is 12.1 Å². The number of hydrogen-bond acceptors (Lipinski definition) is 2. The van der Waals surface area contributed by atoms with Gasteiger partial charge in [-0.15, -0.1) is 0 Å². The van der Waals surface area contributed by atoms with Crippen LogP contribution in [0.4, 0.5) is 11.4 Å². The van der Waals surface area contributed by atoms with Gasteiger partial charge in [0.05, 0.1) is 0 Å². The van der Waals surface area contributed by atoms with Crippen molar-refractivity contribution in [1.82, 2.24) is 0 Å². The van der Waals surface area contributed by atoms with E-state index in [0.717, 1.165) is 12.2 Å². The summed E-state index contributed by atoms with van der Waals surface area (Å²) in [5.41, 5.74) is 10.7. The highest BCUT2D eigenvalue weighted by atomic mass is 15.1. The maximum absolute atomic E-state index is 5.87. The lowest BCUT2D eigenvalue weighted by molar-refractivity contribution is 0.744. The predicted molar refractivity (Wildman–Crippen MR) is 68.5 cm³/mol. The number of nitrogens with zero attached hydrogens (tertiary/aromatic N) is 1. The molecule has 1 aliphatic heterocycles. The van der Waals surface area contributed by atoms with E-state index in [2.05, 4.69) is 31.0 Å². The summed E-state index contributed by atoms with van der Waals surface area (Å²) in [6, 6.07) is 4.32. The highest BCUT2D eigenvalue weighted by Gasteiger charge is 2.14. The first-order valence-electron chi connectivity index (χ1n) is 5.78. The Hall–Kier alpha value is -1.18. The van der Waals surface area contributed by atoms with E-state index in [1.807, 2.05) is 13.8 Å². The van der Waals surface area contributed by atoms with Crippen molar-refractivity contribution in [2.75, 3.05) is 24.2 Å². The van der Waals surface area contributed by atoms with Gasteiger partial charge in [-0.3, -0.25) is 0 Å². The molecule has 1 aromatic rings. The number of nitrogens with two attached hydrogens (primary N) is 1. The summed E-state index contributed by atoms with van der Waals surface area (Å²) in [6.07, 6.45) is 2.41. The largest absolute Gasteiger partial charge is 0.399 e. The molecule has 0 saturated carbocycles. The molecule has 1 aliphatic rings. The maximum Gasteiger partial charge on any atom is 0.0400 e. The van der Waals surface area contributed by atoms with Gasteiger partial charge < -0.3 is 10.6 Å². The van der Waals surface area contributed by atoms with E-state index in [9.17, 15) is 0 Å². The second-order valence-corrected chi connectivity index (χ2v) is 3.86. The van der Waals surface area contributed by atoms with Crippen LogP contribution in [0.1, 0.15) is 31.4 Å². The van der Waals surface area contributed by atoms with Crippen LogP contribution in [-0.2, 0) is 6.42 Å². The van der Waals surface area contributed by atoms with Crippen LogP contribution in [0.3, 0.4) is 0 Å². The Kier molecular flexibility index (Phi) is 4.01. The van der Waals surface area contributed by atoms with Gasteiger partial charge in [0.2, 0.25) is 0 Å². The van der Waals surface area contributed by atoms with E-state index in [4.69, 9.17) is 5.73 Å². The predicted octanol–water partition coefficient (Wildman–Crippen LogP) is 2.99. The van der Waals surface area contributed by atoms with Gasteiger partial charge in [0, 0.05) is 25.0 Å². The summed E-state index contributed by atoms with van der Waals surface area (Å²) in [4.78, 5) is 2.31. The highest BCUT2D eigenvalue weighted by Crippen LogP contribution is 2.29. The molecule has 0 aromatic heterocycles. The molecule has 0 amide bonds. The van der Waals surface area contributed by atoms with E-state index >= 15 is 0 Å². The van der Waals surface area contributed by atoms with Gasteiger partial charge in [-0.1, -0.05) is 13.8 Å². The Bertz CT molecular complexity index is 332. The lowest BCUT2D eigenvalue weighted by Crippen LogP contribution is -2.24. The zero-order chi connectivity index (χ0) is 11.4. The van der Waals surface area contributed by atoms with Crippen molar-refractivity contribution >= 4 is 11.4 Å². The second-order valence-electron chi connectivity index (χ2n) is 3.86. The van der Waals surface area contributed by atoms with Crippen molar-refractivity contribution in [3.05, 3.63) is 23.3 Å². The Balaban J connectivity index is 0.000000531. The molecule has 2 rings (SSSR count). The molecule has 0 unspecified atom stereocenters. The first-order chi connectivity index (χ1) is 7.18. The van der Waals surface area contributed by atoms with Crippen LogP contribution >= 0.6 is 0 Å². The molecule has 0 bridgehead atoms. The van der Waals surface area contributed by atoms with Gasteiger partial charge >= 0.3 is 0 Å². The molecule has 2 nitrogen and oxygen atoms in total. The summed E-state index contributed by atoms with van der Waals surface area (Å²) in [6.45, 7) is 7.23. The van der Waals surface area contributed by atoms with E-state index in [1.54, 1.807) is 0 Å². The minimum absolute atomic E-state index is 0.925. The fourth-order valence-electron chi connectivity index (χ4n) is 1.94. The Morgan fingerprint density at radius 3 is 2.60 bits per heavy atom. The molecular weight excluding hydrogens is 184 g/mol. The number of aryl methyl sites for hydroxylation is 2. The van der Waals surface area contributed by atoms with Gasteiger partial charge in [-0.05, 0) is 43.0 Å². The van der Waals surface area contributed by atoms with Crippen LogP contribution in [0, 0.1) is 6.92 Å². The molecule has 0 atom stereocenters. The summed E-state index contributed by atoms with van der Waals surface area (Å²) < 4.78 is 0. The first-order valence-corrected chi connectivity index (χ1v) is 5.78. The Morgan fingerprint density at radius 1 is 1.27 bits per heavy atom. The van der Waals surface area contributed by atoms with Crippen LogP contribution in [-0.4, -0.2) is 13.6 Å². The summed E-state index contributed by atoms with van der Waals surface area (Å²) in [5, 5.41) is 0. The monoisotopic (exact) mass is 206 g/mol. The minimum atomic E-state index is 0.925. The van der Waals surface area contributed by atoms with Gasteiger partial charge in [-0.25, -0.2) is 0 Å². The third-order valence-corrected chi connectivity index (χ3v) is 2.82. The molecule has 0 spiro atoms. The summed E-state index contributed by atoms with van der Waals surface area (Å²) >= 11 is 0. The summed E-state index contributed by atoms with van der Waals surface area (Å²) in [7, 11) is 2.15. The first kappa shape index (κ1) is 11.9. The SMILES string of the molecule is CC.Cc1cc2c(cc1N)CCCN2C. The number of benzene rings is 1. The highest BCUT2D eigenvalue weighted by molar-refractivity contribution is 5.64. The standard InChI is InChI=1S/C11H16N2.C2H6/c1-8-6-11-9(7-10(8)12)4-3-5-13(11)2;1-2/h6-7H,3-5,12H2,1-2H3;1-2H3. The molecule has 0 saturated heterocycles. The average Bonchev–Trinajstić information content (AvgIpc) is 2.24. The van der Waals surface area contributed by atoms with Crippen LogP contribution in [0.5, 0.6) is 0 Å². The van der Waals surface area contributed by atoms with Gasteiger partial charge in [0.25, 0.3) is 0 Å². The molecule has 1 heterocycles. The number of fused-ring (bicyclic) bond motifs is 1. The van der Waals surface area contributed by atoms with Crippen molar-refractivity contribution in [3.63, 3.8) is 0 Å². The molecule has 0 aliphatic carbocycles. The second kappa shape index (κ2) is 5.06. The zero-order valence-corrected chi connectivity index (χ0v) is 10.3. The van der Waals surface area contributed by atoms with E-state index < -0.39 is 0 Å². The van der Waals surface area contributed by atoms with Gasteiger partial charge in [0.1, 0.15) is 0 Å². The van der Waals surface area contributed by atoms with Crippen molar-refractivity contribution in [1.29, 1.82) is 0 Å². The van der Waals surface area contributed by atoms with Crippen molar-refractivity contribution in [3.8, 4) is 0 Å². The lowest BCUT2D eigenvalue weighted by atomic mass is 9.99. The van der Waals surface area contributed by atoms with Crippen LogP contribution < -0.4 is 10.6 Å². The maximum atomic E-state index is 5.87. The fraction of sp³-hybridized carbons (Fsp3) is 0.538. The molecule has 0 radical (unpaired) electrons.